The molecule has 4 heterocycles. The van der Waals surface area contributed by atoms with Crippen LogP contribution in [0.4, 0.5) is 11.6 Å². The van der Waals surface area contributed by atoms with Crippen LogP contribution in [0, 0.1) is 0 Å². The lowest BCUT2D eigenvalue weighted by molar-refractivity contribution is 0.0871. The van der Waals surface area contributed by atoms with E-state index >= 15 is 0 Å². The van der Waals surface area contributed by atoms with E-state index in [1.165, 1.54) is 24.3 Å². The van der Waals surface area contributed by atoms with Crippen molar-refractivity contribution in [2.45, 2.75) is 26.7 Å². The Morgan fingerprint density at radius 1 is 0.556 bits per heavy atom. The number of hydrogen-bond acceptors (Lipinski definition) is 6. The molecule has 0 aliphatic carbocycles. The summed E-state index contributed by atoms with van der Waals surface area (Å²) in [5.74, 6) is -1.70. The van der Waals surface area contributed by atoms with Gasteiger partial charge in [0, 0.05) is 45.4 Å². The van der Waals surface area contributed by atoms with Crippen LogP contribution in [0.2, 0.25) is 0 Å². The smallest absolute Gasteiger partial charge is 0.267 e. The number of nitrogens with zero attached hydrogens (tertiary/aromatic N) is 4. The van der Waals surface area contributed by atoms with Gasteiger partial charge in [-0.1, -0.05) is 13.8 Å². The summed E-state index contributed by atoms with van der Waals surface area (Å²) in [7, 11) is 0. The molecule has 4 amide bonds. The molecule has 0 saturated heterocycles. The molecule has 36 heavy (non-hydrogen) atoms. The van der Waals surface area contributed by atoms with Gasteiger partial charge in [-0.2, -0.15) is 0 Å². The predicted octanol–water partition coefficient (Wildman–Crippen LogP) is 4.36. The first-order valence-corrected chi connectivity index (χ1v) is 11.7. The van der Waals surface area contributed by atoms with Gasteiger partial charge < -0.3 is 0 Å². The van der Waals surface area contributed by atoms with Crippen LogP contribution in [-0.2, 0) is 12.8 Å². The summed E-state index contributed by atoms with van der Waals surface area (Å²) < 4.78 is 0. The molecule has 0 radical (unpaired) electrons. The van der Waals surface area contributed by atoms with E-state index in [1.807, 2.05) is 26.0 Å². The zero-order valence-electron chi connectivity index (χ0n) is 19.6. The van der Waals surface area contributed by atoms with E-state index in [4.69, 9.17) is 0 Å². The Balaban J connectivity index is 1.53. The Morgan fingerprint density at radius 2 is 0.889 bits per heavy atom. The first-order chi connectivity index (χ1) is 17.4. The lowest BCUT2D eigenvalue weighted by atomic mass is 9.86. The Labute approximate surface area is 206 Å². The average Bonchev–Trinajstić information content (AvgIpc) is 2.91. The highest BCUT2D eigenvalue weighted by Crippen LogP contribution is 2.39. The Morgan fingerprint density at radius 3 is 1.19 bits per heavy atom. The van der Waals surface area contributed by atoms with Crippen molar-refractivity contribution in [2.75, 3.05) is 9.80 Å². The molecule has 0 bridgehead atoms. The van der Waals surface area contributed by atoms with Gasteiger partial charge in [0.25, 0.3) is 23.6 Å². The molecule has 2 aliphatic heterocycles. The second-order valence-electron chi connectivity index (χ2n) is 8.71. The molecule has 2 aromatic carbocycles. The third-order valence-electron chi connectivity index (χ3n) is 6.79. The van der Waals surface area contributed by atoms with Gasteiger partial charge in [-0.3, -0.25) is 19.2 Å². The van der Waals surface area contributed by atoms with Gasteiger partial charge >= 0.3 is 0 Å². The molecule has 8 nitrogen and oxygen atoms in total. The number of hydrogen-bond donors (Lipinski definition) is 0. The monoisotopic (exact) mass is 476 g/mol. The van der Waals surface area contributed by atoms with Gasteiger partial charge in [0.15, 0.2) is 0 Å². The number of pyridine rings is 2. The van der Waals surface area contributed by atoms with Crippen molar-refractivity contribution < 1.29 is 19.2 Å². The molecule has 4 aromatic rings. The molecule has 2 aliphatic rings. The second kappa shape index (κ2) is 7.91. The fourth-order valence-corrected chi connectivity index (χ4v) is 4.90. The summed E-state index contributed by atoms with van der Waals surface area (Å²) in [5, 5.41) is 0.638. The van der Waals surface area contributed by atoms with E-state index in [9.17, 15) is 19.2 Å². The normalized spacial score (nSPS) is 14.7. The predicted molar refractivity (Wildman–Crippen MR) is 133 cm³/mol. The van der Waals surface area contributed by atoms with Crippen molar-refractivity contribution >= 4 is 46.0 Å². The number of imide groups is 2. The number of carbonyl (C=O) groups excluding carboxylic acids is 4. The summed E-state index contributed by atoms with van der Waals surface area (Å²) in [4.78, 5) is 64.8. The number of rotatable bonds is 4. The van der Waals surface area contributed by atoms with Crippen molar-refractivity contribution in [3.05, 3.63) is 94.3 Å². The molecule has 0 N–H and O–H groups in total. The van der Waals surface area contributed by atoms with E-state index in [0.717, 1.165) is 33.8 Å². The minimum Gasteiger partial charge on any atom is -0.268 e. The maximum absolute atomic E-state index is 13.5. The first kappa shape index (κ1) is 21.8. The lowest BCUT2D eigenvalue weighted by Gasteiger charge is -2.31. The van der Waals surface area contributed by atoms with Crippen molar-refractivity contribution in [3.63, 3.8) is 0 Å². The molecule has 0 spiro atoms. The number of aromatic nitrogens is 2. The van der Waals surface area contributed by atoms with Crippen LogP contribution in [0.25, 0.3) is 10.8 Å². The highest BCUT2D eigenvalue weighted by Gasteiger charge is 2.41. The molecule has 2 aromatic heterocycles. The molecule has 8 heteroatoms. The van der Waals surface area contributed by atoms with Crippen LogP contribution in [0.3, 0.4) is 0 Å². The largest absolute Gasteiger partial charge is 0.268 e. The topological polar surface area (TPSA) is 101 Å². The molecule has 0 atom stereocenters. The summed E-state index contributed by atoms with van der Waals surface area (Å²) in [6.07, 6.45) is 4.58. The standard InChI is InChI=1S/C28H20N4O4/c1-3-15-9-11-29-21(13-15)31-25(33)17-5-7-19-24-20(8-6-18(23(17)24)26(31)34)28(36)32(27(19)35)22-14-16(4-2)10-12-30-22/h5-14H,3-4H2,1-2H3. The molecule has 0 saturated carbocycles. The van der Waals surface area contributed by atoms with Gasteiger partial charge in [-0.15, -0.1) is 0 Å². The fourth-order valence-electron chi connectivity index (χ4n) is 4.90. The van der Waals surface area contributed by atoms with Crippen LogP contribution >= 0.6 is 0 Å². The van der Waals surface area contributed by atoms with Crippen LogP contribution in [0.1, 0.15) is 66.4 Å². The number of amides is 4. The molecule has 6 rings (SSSR count). The number of aryl methyl sites for hydroxylation is 2. The SMILES string of the molecule is CCc1ccnc(N2C(=O)c3ccc4c5c(ccc(c35)C2=O)C(=O)N(c2cc(CC)ccn2)C4=O)c1. The van der Waals surface area contributed by atoms with Gasteiger partial charge in [0.1, 0.15) is 11.6 Å². The minimum atomic E-state index is -0.545. The Kier molecular flexibility index (Phi) is 4.79. The van der Waals surface area contributed by atoms with Gasteiger partial charge in [-0.05, 0) is 72.5 Å². The number of carbonyl (C=O) groups is 4. The number of benzene rings is 2. The van der Waals surface area contributed by atoms with E-state index in [1.54, 1.807) is 24.5 Å². The summed E-state index contributed by atoms with van der Waals surface area (Å²) >= 11 is 0. The van der Waals surface area contributed by atoms with Crippen LogP contribution in [0.5, 0.6) is 0 Å². The van der Waals surface area contributed by atoms with Gasteiger partial charge in [-0.25, -0.2) is 19.8 Å². The molecular formula is C28H20N4O4. The highest BCUT2D eigenvalue weighted by atomic mass is 16.2. The Bertz CT molecular complexity index is 1470. The zero-order chi connectivity index (χ0) is 25.1. The zero-order valence-corrected chi connectivity index (χ0v) is 19.6. The van der Waals surface area contributed by atoms with Crippen molar-refractivity contribution in [1.82, 2.24) is 9.97 Å². The van der Waals surface area contributed by atoms with Crippen LogP contribution in [-0.4, -0.2) is 33.6 Å². The summed E-state index contributed by atoms with van der Waals surface area (Å²) in [6.45, 7) is 3.95. The van der Waals surface area contributed by atoms with E-state index < -0.39 is 23.6 Å². The quantitative estimate of drug-likeness (QED) is 0.406. The molecule has 0 unspecified atom stereocenters. The number of anilines is 2. The van der Waals surface area contributed by atoms with Crippen LogP contribution < -0.4 is 9.80 Å². The molecule has 0 fully saturated rings. The fraction of sp³-hybridized carbons (Fsp3) is 0.143. The Hall–Kier alpha value is -4.72. The van der Waals surface area contributed by atoms with Crippen molar-refractivity contribution in [1.29, 1.82) is 0 Å². The van der Waals surface area contributed by atoms with Crippen LogP contribution in [0.15, 0.2) is 60.9 Å². The minimum absolute atomic E-state index is 0.239. The molecular weight excluding hydrogens is 456 g/mol. The maximum atomic E-state index is 13.5. The second-order valence-corrected chi connectivity index (χ2v) is 8.71. The van der Waals surface area contributed by atoms with Gasteiger partial charge in [0.2, 0.25) is 0 Å². The summed E-state index contributed by atoms with van der Waals surface area (Å²) in [6, 6.07) is 13.2. The van der Waals surface area contributed by atoms with Gasteiger partial charge in [0.05, 0.1) is 0 Å². The maximum Gasteiger partial charge on any atom is 0.267 e. The van der Waals surface area contributed by atoms with E-state index in [2.05, 4.69) is 9.97 Å². The average molecular weight is 476 g/mol. The molecule has 176 valence electrons. The third-order valence-corrected chi connectivity index (χ3v) is 6.79. The lowest BCUT2D eigenvalue weighted by Crippen LogP contribution is -2.44. The van der Waals surface area contributed by atoms with Crippen molar-refractivity contribution in [2.24, 2.45) is 0 Å². The van der Waals surface area contributed by atoms with Crippen molar-refractivity contribution in [3.8, 4) is 0 Å². The highest BCUT2D eigenvalue weighted by molar-refractivity contribution is 6.42. The first-order valence-electron chi connectivity index (χ1n) is 11.7. The third kappa shape index (κ3) is 2.94. The van der Waals surface area contributed by atoms with E-state index in [0.29, 0.717) is 10.8 Å². The summed E-state index contributed by atoms with van der Waals surface area (Å²) in [5.41, 5.74) is 2.86. The van der Waals surface area contributed by atoms with E-state index in [-0.39, 0.29) is 33.9 Å².